The van der Waals surface area contributed by atoms with Crippen LogP contribution < -0.4 is 15.5 Å². The summed E-state index contributed by atoms with van der Waals surface area (Å²) in [4.78, 5) is 13.3. The number of anilines is 1. The molecule has 1 heterocycles. The van der Waals surface area contributed by atoms with Gasteiger partial charge in [-0.2, -0.15) is 0 Å². The summed E-state index contributed by atoms with van der Waals surface area (Å²) in [5.41, 5.74) is 2.07. The highest BCUT2D eigenvalue weighted by Gasteiger charge is 2.18. The maximum Gasteiger partial charge on any atom is 0.239 e. The molecule has 0 spiro atoms. The summed E-state index contributed by atoms with van der Waals surface area (Å²) in [6.07, 6.45) is 0. The van der Waals surface area contributed by atoms with E-state index in [0.717, 1.165) is 24.3 Å². The standard InChI is InChI=1S/C12H16ClN3O/c1-14-7-9-2-3-11(10(13)6-9)16-5-4-15-12(17)8-16/h2-3,6,14H,4-5,7-8H2,1H3,(H,15,17). The molecule has 5 heteroatoms. The number of amides is 1. The number of hydrogen-bond acceptors (Lipinski definition) is 3. The monoisotopic (exact) mass is 253 g/mol. The van der Waals surface area contributed by atoms with Gasteiger partial charge in [-0.3, -0.25) is 4.79 Å². The molecular weight excluding hydrogens is 238 g/mol. The molecule has 1 amide bonds. The Balaban J connectivity index is 2.17. The van der Waals surface area contributed by atoms with E-state index >= 15 is 0 Å². The molecule has 92 valence electrons. The first-order valence-electron chi connectivity index (χ1n) is 5.65. The fourth-order valence-corrected chi connectivity index (χ4v) is 2.29. The van der Waals surface area contributed by atoms with Crippen molar-refractivity contribution in [2.45, 2.75) is 6.54 Å². The molecule has 1 aliphatic rings. The zero-order valence-corrected chi connectivity index (χ0v) is 10.5. The Labute approximate surface area is 106 Å². The average Bonchev–Trinajstić information content (AvgIpc) is 2.29. The van der Waals surface area contributed by atoms with Crippen molar-refractivity contribution >= 4 is 23.2 Å². The van der Waals surface area contributed by atoms with Gasteiger partial charge in [-0.15, -0.1) is 0 Å². The molecule has 1 aromatic carbocycles. The van der Waals surface area contributed by atoms with Crippen LogP contribution in [-0.4, -0.2) is 32.6 Å². The number of carbonyl (C=O) groups excluding carboxylic acids is 1. The van der Waals surface area contributed by atoms with Crippen LogP contribution in [0.1, 0.15) is 5.56 Å². The number of carbonyl (C=O) groups is 1. The van der Waals surface area contributed by atoms with Crippen LogP contribution in [0.3, 0.4) is 0 Å². The number of rotatable bonds is 3. The SMILES string of the molecule is CNCc1ccc(N2CCNC(=O)C2)c(Cl)c1. The van der Waals surface area contributed by atoms with Crippen molar-refractivity contribution in [2.75, 3.05) is 31.6 Å². The number of benzene rings is 1. The first kappa shape index (κ1) is 12.2. The number of nitrogens with zero attached hydrogens (tertiary/aromatic N) is 1. The highest BCUT2D eigenvalue weighted by Crippen LogP contribution is 2.27. The molecule has 1 saturated heterocycles. The Hall–Kier alpha value is -1.26. The summed E-state index contributed by atoms with van der Waals surface area (Å²) >= 11 is 6.25. The molecular formula is C12H16ClN3O. The maximum atomic E-state index is 11.3. The molecule has 0 unspecified atom stereocenters. The normalized spacial score (nSPS) is 15.9. The predicted octanol–water partition coefficient (Wildman–Crippen LogP) is 0.996. The van der Waals surface area contributed by atoms with E-state index < -0.39 is 0 Å². The van der Waals surface area contributed by atoms with Gasteiger partial charge in [0.15, 0.2) is 0 Å². The van der Waals surface area contributed by atoms with Crippen molar-refractivity contribution in [2.24, 2.45) is 0 Å². The zero-order chi connectivity index (χ0) is 12.3. The Morgan fingerprint density at radius 1 is 1.53 bits per heavy atom. The summed E-state index contributed by atoms with van der Waals surface area (Å²) in [6.45, 7) is 2.65. The largest absolute Gasteiger partial charge is 0.359 e. The van der Waals surface area contributed by atoms with Gasteiger partial charge in [0.2, 0.25) is 5.91 Å². The molecule has 2 rings (SSSR count). The van der Waals surface area contributed by atoms with Crippen molar-refractivity contribution in [1.29, 1.82) is 0 Å². The Kier molecular flexibility index (Phi) is 3.86. The molecule has 0 bridgehead atoms. The van der Waals surface area contributed by atoms with E-state index in [9.17, 15) is 4.79 Å². The van der Waals surface area contributed by atoms with Gasteiger partial charge < -0.3 is 15.5 Å². The topological polar surface area (TPSA) is 44.4 Å². The minimum Gasteiger partial charge on any atom is -0.359 e. The maximum absolute atomic E-state index is 11.3. The predicted molar refractivity (Wildman–Crippen MR) is 69.4 cm³/mol. The number of nitrogens with one attached hydrogen (secondary N) is 2. The fourth-order valence-electron chi connectivity index (χ4n) is 1.97. The van der Waals surface area contributed by atoms with Crippen molar-refractivity contribution in [3.63, 3.8) is 0 Å². The summed E-state index contributed by atoms with van der Waals surface area (Å²) in [5, 5.41) is 6.58. The van der Waals surface area contributed by atoms with Crippen molar-refractivity contribution < 1.29 is 4.79 Å². The molecule has 0 aromatic heterocycles. The van der Waals surface area contributed by atoms with Crippen molar-refractivity contribution in [1.82, 2.24) is 10.6 Å². The van der Waals surface area contributed by atoms with Crippen molar-refractivity contribution in [3.05, 3.63) is 28.8 Å². The second-order valence-corrected chi connectivity index (χ2v) is 4.49. The molecule has 4 nitrogen and oxygen atoms in total. The van der Waals surface area contributed by atoms with Gasteiger partial charge >= 0.3 is 0 Å². The van der Waals surface area contributed by atoms with Gasteiger partial charge in [0, 0.05) is 19.6 Å². The lowest BCUT2D eigenvalue weighted by Gasteiger charge is -2.29. The Morgan fingerprint density at radius 2 is 2.35 bits per heavy atom. The average molecular weight is 254 g/mol. The number of piperazine rings is 1. The lowest BCUT2D eigenvalue weighted by atomic mass is 10.2. The van der Waals surface area contributed by atoms with Crippen LogP contribution in [0.4, 0.5) is 5.69 Å². The Morgan fingerprint density at radius 3 is 3.00 bits per heavy atom. The van der Waals surface area contributed by atoms with E-state index in [0.29, 0.717) is 18.1 Å². The third-order valence-electron chi connectivity index (χ3n) is 2.77. The van der Waals surface area contributed by atoms with E-state index in [1.54, 1.807) is 0 Å². The third kappa shape index (κ3) is 2.90. The number of halogens is 1. The van der Waals surface area contributed by atoms with Crippen molar-refractivity contribution in [3.8, 4) is 0 Å². The van der Waals surface area contributed by atoms with Crippen LogP contribution >= 0.6 is 11.6 Å². The molecule has 2 N–H and O–H groups in total. The van der Waals surface area contributed by atoms with Crippen LogP contribution in [0.25, 0.3) is 0 Å². The Bertz CT molecular complexity index is 422. The van der Waals surface area contributed by atoms with Gasteiger partial charge in [0.25, 0.3) is 0 Å². The highest BCUT2D eigenvalue weighted by molar-refractivity contribution is 6.33. The second-order valence-electron chi connectivity index (χ2n) is 4.09. The van der Waals surface area contributed by atoms with E-state index in [2.05, 4.69) is 10.6 Å². The first-order chi connectivity index (χ1) is 8.20. The third-order valence-corrected chi connectivity index (χ3v) is 3.07. The van der Waals surface area contributed by atoms with Crippen LogP contribution in [0.2, 0.25) is 5.02 Å². The van der Waals surface area contributed by atoms with Crippen LogP contribution in [0, 0.1) is 0 Å². The van der Waals surface area contributed by atoms with Gasteiger partial charge in [-0.25, -0.2) is 0 Å². The first-order valence-corrected chi connectivity index (χ1v) is 6.03. The van der Waals surface area contributed by atoms with E-state index in [4.69, 9.17) is 11.6 Å². The van der Waals surface area contributed by atoms with Crippen LogP contribution in [0.5, 0.6) is 0 Å². The molecule has 17 heavy (non-hydrogen) atoms. The van der Waals surface area contributed by atoms with E-state index in [1.165, 1.54) is 0 Å². The summed E-state index contributed by atoms with van der Waals surface area (Å²) < 4.78 is 0. The number of hydrogen-bond donors (Lipinski definition) is 2. The lowest BCUT2D eigenvalue weighted by Crippen LogP contribution is -2.47. The molecule has 1 fully saturated rings. The molecule has 1 aliphatic heterocycles. The van der Waals surface area contributed by atoms with Crippen LogP contribution in [0.15, 0.2) is 18.2 Å². The van der Waals surface area contributed by atoms with Crippen LogP contribution in [-0.2, 0) is 11.3 Å². The second kappa shape index (κ2) is 5.38. The smallest absolute Gasteiger partial charge is 0.239 e. The van der Waals surface area contributed by atoms with E-state index in [1.807, 2.05) is 30.1 Å². The molecule has 0 radical (unpaired) electrons. The summed E-state index contributed by atoms with van der Waals surface area (Å²) in [6, 6.07) is 5.96. The minimum atomic E-state index is 0.0478. The van der Waals surface area contributed by atoms with Gasteiger partial charge in [0.05, 0.1) is 17.3 Å². The summed E-state index contributed by atoms with van der Waals surface area (Å²) in [5.74, 6) is 0.0478. The molecule has 1 aromatic rings. The van der Waals surface area contributed by atoms with E-state index in [-0.39, 0.29) is 5.91 Å². The highest BCUT2D eigenvalue weighted by atomic mass is 35.5. The molecule has 0 aliphatic carbocycles. The van der Waals surface area contributed by atoms with Gasteiger partial charge in [0.1, 0.15) is 0 Å². The zero-order valence-electron chi connectivity index (χ0n) is 9.79. The van der Waals surface area contributed by atoms with Gasteiger partial charge in [-0.1, -0.05) is 17.7 Å². The quantitative estimate of drug-likeness (QED) is 0.845. The molecule has 0 saturated carbocycles. The minimum absolute atomic E-state index is 0.0478. The molecule has 0 atom stereocenters. The summed E-state index contributed by atoms with van der Waals surface area (Å²) in [7, 11) is 1.90. The fraction of sp³-hybridized carbons (Fsp3) is 0.417. The lowest BCUT2D eigenvalue weighted by molar-refractivity contribution is -0.120. The van der Waals surface area contributed by atoms with Gasteiger partial charge in [-0.05, 0) is 24.7 Å².